The summed E-state index contributed by atoms with van der Waals surface area (Å²) in [5.41, 5.74) is 5.02. The zero-order chi connectivity index (χ0) is 14.9. The average molecular weight is 274 g/mol. The van der Waals surface area contributed by atoms with Gasteiger partial charge in [-0.3, -0.25) is 4.79 Å². The Balaban J connectivity index is 0. The highest BCUT2D eigenvalue weighted by molar-refractivity contribution is 5.73. The van der Waals surface area contributed by atoms with E-state index in [9.17, 15) is 4.79 Å². The molecule has 0 saturated carbocycles. The van der Waals surface area contributed by atoms with Crippen LogP contribution in [-0.2, 0) is 4.79 Å². The molecular formula is C15H34N2O2. The van der Waals surface area contributed by atoms with Crippen molar-refractivity contribution in [2.75, 3.05) is 13.6 Å². The van der Waals surface area contributed by atoms with Gasteiger partial charge in [-0.1, -0.05) is 58.8 Å². The monoisotopic (exact) mass is 274 g/mol. The second-order valence-electron chi connectivity index (χ2n) is 5.07. The maximum atomic E-state index is 10.4. The van der Waals surface area contributed by atoms with Gasteiger partial charge in [0.15, 0.2) is 0 Å². The van der Waals surface area contributed by atoms with Gasteiger partial charge in [0.2, 0.25) is 5.91 Å². The first-order valence-electron chi connectivity index (χ1n) is 7.72. The summed E-state index contributed by atoms with van der Waals surface area (Å²) in [6.45, 7) is 5.10. The molecule has 1 amide bonds. The standard InChI is InChI=1S/C10H21NO.C5H13NO/c1-2-3-4-5-6-7-8-9-10(11)12;1-3-4-5-6(2)7/h2-9H2,1H3,(H2,11,12);7H,3-5H2,1-2H3. The number of hydrogen-bond acceptors (Lipinski definition) is 3. The molecule has 0 aliphatic heterocycles. The Morgan fingerprint density at radius 2 is 1.42 bits per heavy atom. The Morgan fingerprint density at radius 3 is 1.79 bits per heavy atom. The topological polar surface area (TPSA) is 66.6 Å². The third-order valence-electron chi connectivity index (χ3n) is 2.86. The van der Waals surface area contributed by atoms with Gasteiger partial charge in [0.1, 0.15) is 0 Å². The van der Waals surface area contributed by atoms with Crippen molar-refractivity contribution < 1.29 is 10.0 Å². The third-order valence-corrected chi connectivity index (χ3v) is 2.86. The van der Waals surface area contributed by atoms with Crippen LogP contribution in [0.5, 0.6) is 0 Å². The lowest BCUT2D eigenvalue weighted by atomic mass is 10.1. The Bertz CT molecular complexity index is 185. The molecule has 0 aliphatic carbocycles. The number of primary amides is 1. The summed E-state index contributed by atoms with van der Waals surface area (Å²) < 4.78 is 0. The second kappa shape index (κ2) is 17.4. The number of carbonyl (C=O) groups excluding carboxylic acids is 1. The van der Waals surface area contributed by atoms with Crippen molar-refractivity contribution in [2.24, 2.45) is 5.73 Å². The minimum absolute atomic E-state index is 0.163. The molecular weight excluding hydrogens is 240 g/mol. The van der Waals surface area contributed by atoms with Gasteiger partial charge in [-0.2, -0.15) is 5.06 Å². The van der Waals surface area contributed by atoms with Gasteiger partial charge in [-0.15, -0.1) is 0 Å². The van der Waals surface area contributed by atoms with Gasteiger partial charge < -0.3 is 10.9 Å². The van der Waals surface area contributed by atoms with Crippen LogP contribution < -0.4 is 5.73 Å². The zero-order valence-corrected chi connectivity index (χ0v) is 13.2. The Morgan fingerprint density at radius 1 is 0.947 bits per heavy atom. The lowest BCUT2D eigenvalue weighted by Crippen LogP contribution is -2.13. The highest BCUT2D eigenvalue weighted by Crippen LogP contribution is 2.07. The lowest BCUT2D eigenvalue weighted by Gasteiger charge is -2.03. The van der Waals surface area contributed by atoms with Crippen molar-refractivity contribution in [1.29, 1.82) is 0 Å². The maximum Gasteiger partial charge on any atom is 0.217 e. The molecule has 0 aromatic heterocycles. The molecule has 0 unspecified atom stereocenters. The number of carbonyl (C=O) groups is 1. The van der Waals surface area contributed by atoms with E-state index < -0.39 is 0 Å². The third kappa shape index (κ3) is 26.8. The van der Waals surface area contributed by atoms with Crippen molar-refractivity contribution in [2.45, 2.75) is 78.1 Å². The number of hydrogen-bond donors (Lipinski definition) is 2. The van der Waals surface area contributed by atoms with Crippen LogP contribution in [0.25, 0.3) is 0 Å². The predicted octanol–water partition coefficient (Wildman–Crippen LogP) is 3.72. The van der Waals surface area contributed by atoms with Crippen molar-refractivity contribution in [3.63, 3.8) is 0 Å². The molecule has 4 nitrogen and oxygen atoms in total. The molecule has 0 fully saturated rings. The first kappa shape index (κ1) is 20.7. The molecule has 116 valence electrons. The molecule has 0 aromatic carbocycles. The molecule has 0 spiro atoms. The van der Waals surface area contributed by atoms with E-state index in [-0.39, 0.29) is 5.91 Å². The molecule has 0 radical (unpaired) electrons. The fourth-order valence-electron chi connectivity index (χ4n) is 1.64. The summed E-state index contributed by atoms with van der Waals surface area (Å²) in [6.07, 6.45) is 11.5. The van der Waals surface area contributed by atoms with Gasteiger partial charge in [-0.25, -0.2) is 0 Å². The normalized spacial score (nSPS) is 10.2. The van der Waals surface area contributed by atoms with Crippen LogP contribution in [0.1, 0.15) is 78.1 Å². The van der Waals surface area contributed by atoms with Crippen LogP contribution in [0.15, 0.2) is 0 Å². The smallest absolute Gasteiger partial charge is 0.217 e. The number of rotatable bonds is 11. The predicted molar refractivity (Wildman–Crippen MR) is 81.1 cm³/mol. The SMILES string of the molecule is CCCCCCCCCC(N)=O.CCCCN(C)O. The molecule has 0 atom stereocenters. The molecule has 0 bridgehead atoms. The summed E-state index contributed by atoms with van der Waals surface area (Å²) in [5.74, 6) is -0.163. The van der Waals surface area contributed by atoms with Crippen LogP contribution in [0.3, 0.4) is 0 Å². The Labute approximate surface area is 119 Å². The van der Waals surface area contributed by atoms with Crippen LogP contribution in [-0.4, -0.2) is 29.8 Å². The largest absolute Gasteiger partial charge is 0.370 e. The highest BCUT2D eigenvalue weighted by Gasteiger charge is 1.94. The van der Waals surface area contributed by atoms with Crippen molar-refractivity contribution >= 4 is 5.91 Å². The molecule has 0 heterocycles. The molecule has 0 aliphatic rings. The zero-order valence-electron chi connectivity index (χ0n) is 13.2. The van der Waals surface area contributed by atoms with Gasteiger partial charge in [0.05, 0.1) is 0 Å². The number of nitrogens with zero attached hydrogens (tertiary/aromatic N) is 1. The molecule has 0 rings (SSSR count). The summed E-state index contributed by atoms with van der Waals surface area (Å²) in [6, 6.07) is 0. The van der Waals surface area contributed by atoms with Crippen LogP contribution in [0.2, 0.25) is 0 Å². The molecule has 4 heteroatoms. The van der Waals surface area contributed by atoms with E-state index in [0.29, 0.717) is 6.42 Å². The summed E-state index contributed by atoms with van der Waals surface area (Å²) >= 11 is 0. The van der Waals surface area contributed by atoms with E-state index in [2.05, 4.69) is 13.8 Å². The molecule has 0 aromatic rings. The van der Waals surface area contributed by atoms with Crippen LogP contribution in [0.4, 0.5) is 0 Å². The average Bonchev–Trinajstić information content (AvgIpc) is 2.35. The van der Waals surface area contributed by atoms with E-state index in [1.165, 1.54) is 37.2 Å². The minimum Gasteiger partial charge on any atom is -0.370 e. The molecule has 19 heavy (non-hydrogen) atoms. The lowest BCUT2D eigenvalue weighted by molar-refractivity contribution is -0.118. The summed E-state index contributed by atoms with van der Waals surface area (Å²) in [5, 5.41) is 9.73. The van der Waals surface area contributed by atoms with E-state index >= 15 is 0 Å². The second-order valence-corrected chi connectivity index (χ2v) is 5.07. The molecule has 0 saturated heterocycles. The quantitative estimate of drug-likeness (QED) is 0.446. The van der Waals surface area contributed by atoms with Gasteiger partial charge in [-0.05, 0) is 12.8 Å². The Kier molecular flexibility index (Phi) is 18.9. The van der Waals surface area contributed by atoms with Crippen molar-refractivity contribution in [1.82, 2.24) is 5.06 Å². The number of unbranched alkanes of at least 4 members (excludes halogenated alkanes) is 7. The van der Waals surface area contributed by atoms with E-state index in [0.717, 1.165) is 32.2 Å². The van der Waals surface area contributed by atoms with Gasteiger partial charge in [0, 0.05) is 20.0 Å². The highest BCUT2D eigenvalue weighted by atomic mass is 16.5. The number of nitrogens with two attached hydrogens (primary N) is 1. The number of hydroxylamine groups is 2. The first-order valence-corrected chi connectivity index (χ1v) is 7.72. The van der Waals surface area contributed by atoms with E-state index in [1.807, 2.05) is 0 Å². The van der Waals surface area contributed by atoms with E-state index in [1.54, 1.807) is 7.05 Å². The van der Waals surface area contributed by atoms with Gasteiger partial charge in [0.25, 0.3) is 0 Å². The fourth-order valence-corrected chi connectivity index (χ4v) is 1.64. The number of amides is 1. The van der Waals surface area contributed by atoms with E-state index in [4.69, 9.17) is 10.9 Å². The van der Waals surface area contributed by atoms with Crippen LogP contribution in [0, 0.1) is 0 Å². The van der Waals surface area contributed by atoms with Gasteiger partial charge >= 0.3 is 0 Å². The Hall–Kier alpha value is -0.610. The first-order chi connectivity index (χ1) is 9.04. The van der Waals surface area contributed by atoms with Crippen LogP contribution >= 0.6 is 0 Å². The fraction of sp³-hybridized carbons (Fsp3) is 0.933. The van der Waals surface area contributed by atoms with Crippen molar-refractivity contribution in [3.05, 3.63) is 0 Å². The summed E-state index contributed by atoms with van der Waals surface area (Å²) in [7, 11) is 1.66. The van der Waals surface area contributed by atoms with Crippen molar-refractivity contribution in [3.8, 4) is 0 Å². The summed E-state index contributed by atoms with van der Waals surface area (Å²) in [4.78, 5) is 10.4. The maximum absolute atomic E-state index is 10.4. The minimum atomic E-state index is -0.163. The molecule has 3 N–H and O–H groups in total.